The third-order valence-electron chi connectivity index (χ3n) is 6.21. The number of benzene rings is 3. The van der Waals surface area contributed by atoms with Crippen LogP contribution in [0.4, 0.5) is 11.4 Å². The van der Waals surface area contributed by atoms with Gasteiger partial charge in [-0.25, -0.2) is 0 Å². The molecular weight excluding hydrogens is 467 g/mol. The quantitative estimate of drug-likeness (QED) is 0.302. The molecule has 0 radical (unpaired) electrons. The summed E-state index contributed by atoms with van der Waals surface area (Å²) in [6.07, 6.45) is 0.370. The maximum absolute atomic E-state index is 13.2. The second kappa shape index (κ2) is 10.6. The van der Waals surface area contributed by atoms with Gasteiger partial charge in [-0.3, -0.25) is 0 Å². The predicted octanol–water partition coefficient (Wildman–Crippen LogP) is 6.09. The first-order chi connectivity index (χ1) is 16.4. The SMILES string of the molecule is C=C(C(Cc1ccc(Cl)cc1)C(=O)OCC)[PH]1(O)N(c2ccccc2)CCN1c1ccccc1. The molecule has 178 valence electrons. The summed E-state index contributed by atoms with van der Waals surface area (Å²) in [7, 11) is -3.60. The number of carbonyl (C=O) groups excluding carboxylic acids is 1. The van der Waals surface area contributed by atoms with Crippen LogP contribution < -0.4 is 9.34 Å². The summed E-state index contributed by atoms with van der Waals surface area (Å²) >= 11 is 6.07. The van der Waals surface area contributed by atoms with Crippen LogP contribution in [0.1, 0.15) is 12.5 Å². The predicted molar refractivity (Wildman–Crippen MR) is 143 cm³/mol. The first-order valence-corrected chi connectivity index (χ1v) is 13.6. The van der Waals surface area contributed by atoms with Crippen LogP contribution in [-0.4, -0.2) is 30.6 Å². The van der Waals surface area contributed by atoms with E-state index < -0.39 is 13.7 Å². The Hall–Kier alpha value is -2.85. The minimum absolute atomic E-state index is 0.258. The molecule has 7 heteroatoms. The summed E-state index contributed by atoms with van der Waals surface area (Å²) in [6.45, 7) is 7.67. The Morgan fingerprint density at radius 1 is 0.971 bits per heavy atom. The molecule has 3 aromatic carbocycles. The van der Waals surface area contributed by atoms with Gasteiger partial charge in [0.2, 0.25) is 0 Å². The number of carbonyl (C=O) groups is 1. The summed E-state index contributed by atoms with van der Waals surface area (Å²) in [6, 6.07) is 27.0. The van der Waals surface area contributed by atoms with Crippen LogP contribution in [0.5, 0.6) is 0 Å². The van der Waals surface area contributed by atoms with Crippen molar-refractivity contribution >= 4 is 36.7 Å². The normalized spacial score (nSPS) is 16.7. The fourth-order valence-corrected chi connectivity index (χ4v) is 8.16. The Morgan fingerprint density at radius 2 is 1.47 bits per heavy atom. The van der Waals surface area contributed by atoms with Crippen LogP contribution in [0.15, 0.2) is 96.8 Å². The molecule has 1 unspecified atom stereocenters. The van der Waals surface area contributed by atoms with Gasteiger partial charge >= 0.3 is 207 Å². The second-order valence-electron chi connectivity index (χ2n) is 8.27. The molecule has 1 atom stereocenters. The van der Waals surface area contributed by atoms with Crippen molar-refractivity contribution in [2.75, 3.05) is 29.0 Å². The zero-order valence-electron chi connectivity index (χ0n) is 19.2. The fourth-order valence-electron chi connectivity index (χ4n) is 4.52. The molecule has 5 nitrogen and oxygen atoms in total. The number of ether oxygens (including phenoxy) is 1. The molecular formula is C27H30ClN2O3P. The van der Waals surface area contributed by atoms with E-state index in [4.69, 9.17) is 16.3 Å². The Labute approximate surface area is 206 Å². The van der Waals surface area contributed by atoms with Gasteiger partial charge in [-0.1, -0.05) is 0 Å². The molecule has 0 amide bonds. The van der Waals surface area contributed by atoms with Crippen LogP contribution in [0.25, 0.3) is 0 Å². The van der Waals surface area contributed by atoms with E-state index in [1.807, 2.05) is 82.1 Å². The third-order valence-corrected chi connectivity index (χ3v) is 10.1. The Bertz CT molecular complexity index is 1080. The van der Waals surface area contributed by atoms with Crippen LogP contribution in [0.2, 0.25) is 5.02 Å². The fraction of sp³-hybridized carbons (Fsp3) is 0.222. The van der Waals surface area contributed by atoms with Gasteiger partial charge in [0.15, 0.2) is 0 Å². The number of esters is 1. The van der Waals surface area contributed by atoms with Crippen LogP contribution in [-0.2, 0) is 16.0 Å². The first kappa shape index (κ1) is 24.3. The monoisotopic (exact) mass is 496 g/mol. The molecule has 1 N–H and O–H groups in total. The summed E-state index contributed by atoms with van der Waals surface area (Å²) in [5, 5.41) is 1.13. The van der Waals surface area contributed by atoms with Crippen molar-refractivity contribution in [3.8, 4) is 0 Å². The van der Waals surface area contributed by atoms with Crippen molar-refractivity contribution in [3.05, 3.63) is 107 Å². The summed E-state index contributed by atoms with van der Waals surface area (Å²) < 4.78 is 9.53. The zero-order valence-corrected chi connectivity index (χ0v) is 21.0. The molecule has 0 aromatic heterocycles. The van der Waals surface area contributed by atoms with Gasteiger partial charge in [0, 0.05) is 0 Å². The molecule has 1 saturated heterocycles. The van der Waals surface area contributed by atoms with E-state index >= 15 is 0 Å². The topological polar surface area (TPSA) is 53.0 Å². The van der Waals surface area contributed by atoms with Gasteiger partial charge < -0.3 is 0 Å². The number of halogens is 1. The zero-order chi connectivity index (χ0) is 24.1. The van der Waals surface area contributed by atoms with E-state index in [9.17, 15) is 9.69 Å². The number of hydrogen-bond acceptors (Lipinski definition) is 5. The van der Waals surface area contributed by atoms with E-state index in [1.165, 1.54) is 0 Å². The first-order valence-electron chi connectivity index (χ1n) is 11.4. The Kier molecular flexibility index (Phi) is 7.57. The molecule has 1 aliphatic heterocycles. The van der Waals surface area contributed by atoms with E-state index in [0.29, 0.717) is 29.8 Å². The molecule has 1 fully saturated rings. The van der Waals surface area contributed by atoms with E-state index in [1.54, 1.807) is 19.1 Å². The van der Waals surface area contributed by atoms with Gasteiger partial charge in [0.05, 0.1) is 0 Å². The van der Waals surface area contributed by atoms with Crippen molar-refractivity contribution in [1.82, 2.24) is 0 Å². The summed E-state index contributed by atoms with van der Waals surface area (Å²) in [5.74, 6) is -1.08. The van der Waals surface area contributed by atoms with Gasteiger partial charge in [-0.05, 0) is 0 Å². The summed E-state index contributed by atoms with van der Waals surface area (Å²) in [5.41, 5.74) is 2.74. The number of hydrogen-bond donors (Lipinski definition) is 1. The number of nitrogens with zero attached hydrogens (tertiary/aromatic N) is 2. The van der Waals surface area contributed by atoms with Crippen molar-refractivity contribution in [2.24, 2.45) is 5.92 Å². The molecule has 0 bridgehead atoms. The van der Waals surface area contributed by atoms with Crippen molar-refractivity contribution in [2.45, 2.75) is 13.3 Å². The van der Waals surface area contributed by atoms with Gasteiger partial charge in [0.1, 0.15) is 0 Å². The molecule has 0 saturated carbocycles. The average Bonchev–Trinajstić information content (AvgIpc) is 3.22. The van der Waals surface area contributed by atoms with E-state index in [0.717, 1.165) is 16.9 Å². The third kappa shape index (κ3) is 4.83. The van der Waals surface area contributed by atoms with Crippen LogP contribution in [0, 0.1) is 5.92 Å². The Balaban J connectivity index is 1.78. The number of rotatable bonds is 8. The second-order valence-corrected chi connectivity index (χ2v) is 11.7. The van der Waals surface area contributed by atoms with Crippen LogP contribution in [0.3, 0.4) is 0 Å². The molecule has 1 aliphatic rings. The average molecular weight is 497 g/mol. The maximum atomic E-state index is 13.2. The van der Waals surface area contributed by atoms with Crippen molar-refractivity contribution in [3.63, 3.8) is 0 Å². The molecule has 0 spiro atoms. The number of para-hydroxylation sites is 2. The van der Waals surface area contributed by atoms with E-state index in [-0.39, 0.29) is 12.6 Å². The van der Waals surface area contributed by atoms with Gasteiger partial charge in [0.25, 0.3) is 0 Å². The molecule has 3 aromatic rings. The van der Waals surface area contributed by atoms with Gasteiger partial charge in [-0.15, -0.1) is 0 Å². The number of anilines is 2. The minimum atomic E-state index is -3.60. The molecule has 4 rings (SSSR count). The Morgan fingerprint density at radius 3 is 1.94 bits per heavy atom. The molecule has 34 heavy (non-hydrogen) atoms. The summed E-state index contributed by atoms with van der Waals surface area (Å²) in [4.78, 5) is 25.8. The van der Waals surface area contributed by atoms with E-state index in [2.05, 4.69) is 6.58 Å². The van der Waals surface area contributed by atoms with Crippen molar-refractivity contribution < 1.29 is 14.4 Å². The molecule has 1 heterocycles. The van der Waals surface area contributed by atoms with Crippen molar-refractivity contribution in [1.29, 1.82) is 0 Å². The van der Waals surface area contributed by atoms with Crippen LogP contribution >= 0.6 is 19.4 Å². The standard InChI is InChI=1S/C27H30ClN2O3P/c1-3-33-27(31)26(20-22-14-16-23(28)17-15-22)21(2)34(32)29(24-10-6-4-7-11-24)18-19-30(34)25-12-8-5-9-13-25/h4-17,26,32,34H,2-3,18-20H2,1H3. The van der Waals surface area contributed by atoms with Gasteiger partial charge in [-0.2, -0.15) is 0 Å². The molecule has 0 aliphatic carbocycles.